The van der Waals surface area contributed by atoms with Crippen molar-refractivity contribution in [3.8, 4) is 0 Å². The van der Waals surface area contributed by atoms with E-state index in [0.29, 0.717) is 13.0 Å². The summed E-state index contributed by atoms with van der Waals surface area (Å²) in [7, 11) is 1.59. The SMILES string of the molecule is CCCC(N)C(=O)N1CCCC1C(=O)NC. The van der Waals surface area contributed by atoms with Gasteiger partial charge in [-0.1, -0.05) is 13.3 Å². The molecule has 5 heteroatoms. The minimum absolute atomic E-state index is 0.0884. The zero-order chi connectivity index (χ0) is 12.1. The molecule has 0 aromatic carbocycles. The van der Waals surface area contributed by atoms with Gasteiger partial charge in [0.1, 0.15) is 6.04 Å². The third kappa shape index (κ3) is 2.72. The van der Waals surface area contributed by atoms with Gasteiger partial charge in [0.25, 0.3) is 0 Å². The van der Waals surface area contributed by atoms with Gasteiger partial charge in [0.05, 0.1) is 6.04 Å². The Labute approximate surface area is 96.4 Å². The highest BCUT2D eigenvalue weighted by Gasteiger charge is 2.35. The molecule has 0 saturated carbocycles. The van der Waals surface area contributed by atoms with Crippen molar-refractivity contribution in [2.24, 2.45) is 5.73 Å². The van der Waals surface area contributed by atoms with Crippen molar-refractivity contribution in [3.63, 3.8) is 0 Å². The molecule has 5 nitrogen and oxygen atoms in total. The standard InChI is InChI=1S/C11H21N3O2/c1-3-5-8(12)11(16)14-7-4-6-9(14)10(15)13-2/h8-9H,3-7,12H2,1-2H3,(H,13,15). The molecule has 16 heavy (non-hydrogen) atoms. The molecule has 2 amide bonds. The van der Waals surface area contributed by atoms with Crippen molar-refractivity contribution in [2.75, 3.05) is 13.6 Å². The lowest BCUT2D eigenvalue weighted by molar-refractivity contribution is -0.139. The van der Waals surface area contributed by atoms with Crippen molar-refractivity contribution >= 4 is 11.8 Å². The Bertz CT molecular complexity index is 268. The largest absolute Gasteiger partial charge is 0.357 e. The number of amides is 2. The molecule has 1 aliphatic rings. The van der Waals surface area contributed by atoms with Crippen molar-refractivity contribution < 1.29 is 9.59 Å². The summed E-state index contributed by atoms with van der Waals surface area (Å²) < 4.78 is 0. The second-order valence-corrected chi connectivity index (χ2v) is 4.20. The van der Waals surface area contributed by atoms with Crippen LogP contribution in [0.25, 0.3) is 0 Å². The van der Waals surface area contributed by atoms with Gasteiger partial charge in [-0.3, -0.25) is 9.59 Å². The van der Waals surface area contributed by atoms with E-state index in [1.165, 1.54) is 0 Å². The first-order valence-electron chi connectivity index (χ1n) is 5.89. The molecule has 1 aliphatic heterocycles. The van der Waals surface area contributed by atoms with Gasteiger partial charge in [0, 0.05) is 13.6 Å². The van der Waals surface area contributed by atoms with Crippen LogP contribution in [0, 0.1) is 0 Å². The van der Waals surface area contributed by atoms with Gasteiger partial charge >= 0.3 is 0 Å². The molecular weight excluding hydrogens is 206 g/mol. The smallest absolute Gasteiger partial charge is 0.242 e. The number of likely N-dealkylation sites (N-methyl/N-ethyl adjacent to an activating group) is 1. The fourth-order valence-electron chi connectivity index (χ4n) is 2.12. The highest BCUT2D eigenvalue weighted by molar-refractivity contribution is 5.90. The number of nitrogens with zero attached hydrogens (tertiary/aromatic N) is 1. The fraction of sp³-hybridized carbons (Fsp3) is 0.818. The van der Waals surface area contributed by atoms with Gasteiger partial charge in [-0.25, -0.2) is 0 Å². The van der Waals surface area contributed by atoms with Gasteiger partial charge in [0.15, 0.2) is 0 Å². The topological polar surface area (TPSA) is 75.4 Å². The number of hydrogen-bond donors (Lipinski definition) is 2. The maximum absolute atomic E-state index is 12.0. The lowest BCUT2D eigenvalue weighted by Crippen LogP contribution is -2.50. The summed E-state index contributed by atoms with van der Waals surface area (Å²) in [6, 6.07) is -0.782. The van der Waals surface area contributed by atoms with Crippen LogP contribution < -0.4 is 11.1 Å². The highest BCUT2D eigenvalue weighted by Crippen LogP contribution is 2.18. The van der Waals surface area contributed by atoms with Crippen LogP contribution in [0.1, 0.15) is 32.6 Å². The van der Waals surface area contributed by atoms with E-state index in [0.717, 1.165) is 19.3 Å². The Morgan fingerprint density at radius 1 is 1.56 bits per heavy atom. The lowest BCUT2D eigenvalue weighted by Gasteiger charge is -2.26. The molecule has 0 spiro atoms. The second-order valence-electron chi connectivity index (χ2n) is 4.20. The van der Waals surface area contributed by atoms with E-state index in [1.54, 1.807) is 11.9 Å². The van der Waals surface area contributed by atoms with E-state index in [-0.39, 0.29) is 17.9 Å². The Morgan fingerprint density at radius 2 is 2.25 bits per heavy atom. The second kappa shape index (κ2) is 5.84. The summed E-state index contributed by atoms with van der Waals surface area (Å²) in [6.07, 6.45) is 3.17. The molecule has 2 unspecified atom stereocenters. The summed E-state index contributed by atoms with van der Waals surface area (Å²) in [5, 5.41) is 2.59. The molecule has 0 aliphatic carbocycles. The van der Waals surface area contributed by atoms with Crippen LogP contribution in [0.15, 0.2) is 0 Å². The number of rotatable bonds is 4. The van der Waals surface area contributed by atoms with Crippen molar-refractivity contribution in [3.05, 3.63) is 0 Å². The number of carbonyl (C=O) groups is 2. The van der Waals surface area contributed by atoms with Crippen LogP contribution in [0.5, 0.6) is 0 Å². The summed E-state index contributed by atoms with van der Waals surface area (Å²) in [4.78, 5) is 25.2. The normalized spacial score (nSPS) is 21.9. The maximum atomic E-state index is 12.0. The van der Waals surface area contributed by atoms with Crippen molar-refractivity contribution in [1.29, 1.82) is 0 Å². The van der Waals surface area contributed by atoms with Gasteiger partial charge in [0.2, 0.25) is 11.8 Å². The third-order valence-corrected chi connectivity index (χ3v) is 3.00. The zero-order valence-corrected chi connectivity index (χ0v) is 10.0. The first-order valence-corrected chi connectivity index (χ1v) is 5.89. The molecule has 0 aromatic heterocycles. The summed E-state index contributed by atoms with van der Waals surface area (Å²) >= 11 is 0. The number of nitrogens with one attached hydrogen (secondary N) is 1. The van der Waals surface area contributed by atoms with E-state index >= 15 is 0 Å². The molecule has 3 N–H and O–H groups in total. The lowest BCUT2D eigenvalue weighted by atomic mass is 10.1. The average molecular weight is 227 g/mol. The van der Waals surface area contributed by atoms with E-state index < -0.39 is 6.04 Å². The predicted molar refractivity (Wildman–Crippen MR) is 61.7 cm³/mol. The van der Waals surface area contributed by atoms with Gasteiger partial charge < -0.3 is 16.0 Å². The number of carbonyl (C=O) groups excluding carboxylic acids is 2. The fourth-order valence-corrected chi connectivity index (χ4v) is 2.12. The molecule has 0 aromatic rings. The molecule has 0 bridgehead atoms. The van der Waals surface area contributed by atoms with Gasteiger partial charge in [-0.05, 0) is 19.3 Å². The molecule has 1 fully saturated rings. The van der Waals surface area contributed by atoms with Crippen LogP contribution in [0.4, 0.5) is 0 Å². The van der Waals surface area contributed by atoms with E-state index in [4.69, 9.17) is 5.73 Å². The van der Waals surface area contributed by atoms with Crippen LogP contribution in [-0.4, -0.2) is 42.4 Å². The Hall–Kier alpha value is -1.10. The Balaban J connectivity index is 2.64. The summed E-state index contributed by atoms with van der Waals surface area (Å²) in [6.45, 7) is 2.64. The number of nitrogens with two attached hydrogens (primary N) is 1. The van der Waals surface area contributed by atoms with Crippen LogP contribution in [0.2, 0.25) is 0 Å². The van der Waals surface area contributed by atoms with Crippen LogP contribution in [-0.2, 0) is 9.59 Å². The average Bonchev–Trinajstić information content (AvgIpc) is 2.76. The Morgan fingerprint density at radius 3 is 2.81 bits per heavy atom. The summed E-state index contributed by atoms with van der Waals surface area (Å²) in [5.41, 5.74) is 5.79. The first-order chi connectivity index (χ1) is 7.61. The highest BCUT2D eigenvalue weighted by atomic mass is 16.2. The molecule has 92 valence electrons. The van der Waals surface area contributed by atoms with Gasteiger partial charge in [-0.15, -0.1) is 0 Å². The predicted octanol–water partition coefficient (Wildman–Crippen LogP) is -0.149. The Kier molecular flexibility index (Phi) is 4.73. The van der Waals surface area contributed by atoms with Crippen LogP contribution >= 0.6 is 0 Å². The minimum Gasteiger partial charge on any atom is -0.357 e. The molecular formula is C11H21N3O2. The maximum Gasteiger partial charge on any atom is 0.242 e. The minimum atomic E-state index is -0.463. The van der Waals surface area contributed by atoms with E-state index in [2.05, 4.69) is 5.32 Å². The zero-order valence-electron chi connectivity index (χ0n) is 10.0. The van der Waals surface area contributed by atoms with Crippen molar-refractivity contribution in [2.45, 2.75) is 44.7 Å². The number of hydrogen-bond acceptors (Lipinski definition) is 3. The monoisotopic (exact) mass is 227 g/mol. The first kappa shape index (κ1) is 13.0. The summed E-state index contributed by atoms with van der Waals surface area (Å²) in [5.74, 6) is -0.178. The molecule has 1 saturated heterocycles. The molecule has 1 rings (SSSR count). The van der Waals surface area contributed by atoms with Crippen LogP contribution in [0.3, 0.4) is 0 Å². The van der Waals surface area contributed by atoms with E-state index in [9.17, 15) is 9.59 Å². The molecule has 1 heterocycles. The molecule has 0 radical (unpaired) electrons. The molecule has 2 atom stereocenters. The van der Waals surface area contributed by atoms with Gasteiger partial charge in [-0.2, -0.15) is 0 Å². The third-order valence-electron chi connectivity index (χ3n) is 3.00. The number of likely N-dealkylation sites (tertiary alicyclic amines) is 1. The van der Waals surface area contributed by atoms with E-state index in [1.807, 2.05) is 6.92 Å². The quantitative estimate of drug-likeness (QED) is 0.701. The van der Waals surface area contributed by atoms with Crippen molar-refractivity contribution in [1.82, 2.24) is 10.2 Å².